The summed E-state index contributed by atoms with van der Waals surface area (Å²) in [6.07, 6.45) is 49.4. The maximum Gasteiger partial charge on any atom is 0.472 e. The van der Waals surface area contributed by atoms with Crippen molar-refractivity contribution in [2.24, 2.45) is 0 Å². The quantitative estimate of drug-likeness (QED) is 0.0145. The number of ether oxygens (including phenoxy) is 2. The van der Waals surface area contributed by atoms with Crippen LogP contribution in [0.25, 0.3) is 0 Å². The Morgan fingerprint density at radius 3 is 1.19 bits per heavy atom. The van der Waals surface area contributed by atoms with Crippen LogP contribution in [0.15, 0.2) is 72.9 Å². The molecule has 6 atom stereocenters. The van der Waals surface area contributed by atoms with Crippen LogP contribution in [0, 0.1) is 0 Å². The molecule has 0 saturated heterocycles. The highest BCUT2D eigenvalue weighted by Gasteiger charge is 2.51. The third-order valence-corrected chi connectivity index (χ3v) is 14.0. The smallest absolute Gasteiger partial charge is 0.462 e. The Hall–Kier alpha value is -2.71. The summed E-state index contributed by atoms with van der Waals surface area (Å²) in [5.41, 5.74) is 0. The number of phosphoric ester groups is 1. The molecule has 1 rings (SSSR count). The number of carbonyl (C=O) groups excluding carboxylic acids is 2. The Bertz CT molecular complexity index is 1540. The van der Waals surface area contributed by atoms with E-state index >= 15 is 0 Å². The number of rotatable bonds is 48. The molecule has 0 aromatic carbocycles. The van der Waals surface area contributed by atoms with Crippen LogP contribution in [0.2, 0.25) is 0 Å². The summed E-state index contributed by atoms with van der Waals surface area (Å²) >= 11 is 0. The highest BCUT2D eigenvalue weighted by Crippen LogP contribution is 2.47. The van der Waals surface area contributed by atoms with E-state index in [9.17, 15) is 44.6 Å². The van der Waals surface area contributed by atoms with Crippen LogP contribution in [0.4, 0.5) is 0 Å². The molecule has 1 fully saturated rings. The zero-order chi connectivity index (χ0) is 53.5. The second kappa shape index (κ2) is 47.7. The van der Waals surface area contributed by atoms with E-state index in [1.54, 1.807) is 0 Å². The molecule has 1 saturated carbocycles. The minimum atomic E-state index is -5.13. The van der Waals surface area contributed by atoms with Crippen molar-refractivity contribution in [1.82, 2.24) is 0 Å². The monoisotopic (exact) mass is 1050 g/mol. The fourth-order valence-electron chi connectivity index (χ4n) is 8.49. The summed E-state index contributed by atoms with van der Waals surface area (Å²) in [6, 6.07) is 0. The van der Waals surface area contributed by atoms with Crippen LogP contribution >= 0.6 is 7.82 Å². The van der Waals surface area contributed by atoms with E-state index in [2.05, 4.69) is 86.8 Å². The third-order valence-electron chi connectivity index (χ3n) is 13.0. The topological polar surface area (TPSA) is 210 Å². The molecule has 73 heavy (non-hydrogen) atoms. The van der Waals surface area contributed by atoms with Gasteiger partial charge in [0.2, 0.25) is 0 Å². The average molecular weight is 1050 g/mol. The molecule has 6 unspecified atom stereocenters. The van der Waals surface area contributed by atoms with Gasteiger partial charge in [-0.3, -0.25) is 18.6 Å². The summed E-state index contributed by atoms with van der Waals surface area (Å²) in [5.74, 6) is -1.11. The van der Waals surface area contributed by atoms with Crippen LogP contribution in [-0.4, -0.2) is 98.3 Å². The number of hydrogen-bond donors (Lipinski definition) is 6. The fraction of sp³-hybridized carbons (Fsp3) is 0.763. The normalized spacial score (nSPS) is 20.9. The van der Waals surface area contributed by atoms with Crippen molar-refractivity contribution in [3.05, 3.63) is 72.9 Å². The molecule has 422 valence electrons. The van der Waals surface area contributed by atoms with Gasteiger partial charge >= 0.3 is 19.8 Å². The molecular formula is C59H103O13P. The molecule has 1 aliphatic carbocycles. The van der Waals surface area contributed by atoms with Crippen molar-refractivity contribution in [3.8, 4) is 0 Å². The summed E-state index contributed by atoms with van der Waals surface area (Å²) in [7, 11) is -5.13. The minimum Gasteiger partial charge on any atom is -0.462 e. The number of unbranched alkanes of at least 4 members (excludes halogenated alkanes) is 24. The molecule has 0 heterocycles. The van der Waals surface area contributed by atoms with Crippen LogP contribution in [-0.2, 0) is 32.7 Å². The van der Waals surface area contributed by atoms with Gasteiger partial charge in [0.05, 0.1) is 6.61 Å². The van der Waals surface area contributed by atoms with Gasteiger partial charge < -0.3 is 39.9 Å². The Balaban J connectivity index is 2.35. The van der Waals surface area contributed by atoms with Crippen LogP contribution in [0.5, 0.6) is 0 Å². The number of allylic oxidation sites excluding steroid dienone is 12. The van der Waals surface area contributed by atoms with Gasteiger partial charge in [0.15, 0.2) is 6.10 Å². The lowest BCUT2D eigenvalue weighted by atomic mass is 9.85. The van der Waals surface area contributed by atoms with Crippen molar-refractivity contribution in [1.29, 1.82) is 0 Å². The van der Waals surface area contributed by atoms with Crippen molar-refractivity contribution in [3.63, 3.8) is 0 Å². The molecule has 14 heteroatoms. The molecule has 0 radical (unpaired) electrons. The number of phosphoric acid groups is 1. The molecule has 0 aromatic rings. The standard InChI is InChI=1S/C59H103O13P/c1-3-5-7-9-11-13-15-17-19-21-23-25-26-28-29-31-33-35-37-39-41-43-45-47-52(60)69-49-51(50-70-73(67,68)72-59-57(65)55(63)54(62)56(64)58(59)66)71-53(61)48-46-44-42-40-38-36-34-32-30-27-24-22-20-18-16-14-12-10-8-6-4-2/h6,8,12,14-15,17-18,20-21,23-24,27,51,54-59,62-66H,3-5,7,9-11,13,16,19,22,25-26,28-50H2,1-2H3,(H,67,68)/b8-6-,14-12-,17-15-,20-18-,23-21-,27-24-. The van der Waals surface area contributed by atoms with Crippen molar-refractivity contribution >= 4 is 19.8 Å². The lowest BCUT2D eigenvalue weighted by Crippen LogP contribution is -2.64. The van der Waals surface area contributed by atoms with E-state index in [1.807, 2.05) is 0 Å². The van der Waals surface area contributed by atoms with E-state index in [1.165, 1.54) is 89.9 Å². The van der Waals surface area contributed by atoms with Crippen molar-refractivity contribution < 1.29 is 63.1 Å². The van der Waals surface area contributed by atoms with E-state index < -0.39 is 75.7 Å². The zero-order valence-electron chi connectivity index (χ0n) is 45.4. The maximum absolute atomic E-state index is 12.9. The SMILES string of the molecule is CC/C=C\C/C=C\C/C=C\C/C=C\CCCCCCCCCCC(=O)OC(COC(=O)CCCCCCCCCCCCC/C=C\C/C=C\CCCCCCC)COP(=O)(O)OC1C(O)C(O)C(O)C(O)C1O. The Labute approximate surface area is 442 Å². The lowest BCUT2D eigenvalue weighted by molar-refractivity contribution is -0.220. The molecule has 0 amide bonds. The lowest BCUT2D eigenvalue weighted by Gasteiger charge is -2.41. The van der Waals surface area contributed by atoms with Gasteiger partial charge in [-0.05, 0) is 83.5 Å². The predicted molar refractivity (Wildman–Crippen MR) is 295 cm³/mol. The van der Waals surface area contributed by atoms with Gasteiger partial charge in [-0.2, -0.15) is 0 Å². The van der Waals surface area contributed by atoms with Crippen LogP contribution in [0.1, 0.15) is 232 Å². The molecule has 6 N–H and O–H groups in total. The third kappa shape index (κ3) is 39.4. The van der Waals surface area contributed by atoms with Gasteiger partial charge in [0, 0.05) is 12.8 Å². The summed E-state index contributed by atoms with van der Waals surface area (Å²) in [6.45, 7) is 3.21. The minimum absolute atomic E-state index is 0.0841. The second-order valence-electron chi connectivity index (χ2n) is 19.8. The Morgan fingerprint density at radius 1 is 0.438 bits per heavy atom. The summed E-state index contributed by atoms with van der Waals surface area (Å²) in [5, 5.41) is 50.4. The Kier molecular flexibility index (Phi) is 44.6. The average Bonchev–Trinajstić information content (AvgIpc) is 3.37. The second-order valence-corrected chi connectivity index (χ2v) is 21.2. The van der Waals surface area contributed by atoms with Crippen LogP contribution < -0.4 is 0 Å². The number of esters is 2. The van der Waals surface area contributed by atoms with Crippen molar-refractivity contribution in [2.75, 3.05) is 13.2 Å². The van der Waals surface area contributed by atoms with Crippen LogP contribution in [0.3, 0.4) is 0 Å². The fourth-order valence-corrected chi connectivity index (χ4v) is 9.46. The molecule has 1 aliphatic rings. The molecule has 0 aromatic heterocycles. The first-order chi connectivity index (χ1) is 35.4. The van der Waals surface area contributed by atoms with Gasteiger partial charge in [-0.25, -0.2) is 4.57 Å². The largest absolute Gasteiger partial charge is 0.472 e. The number of hydrogen-bond acceptors (Lipinski definition) is 12. The van der Waals surface area contributed by atoms with Gasteiger partial charge in [0.25, 0.3) is 0 Å². The predicted octanol–water partition coefficient (Wildman–Crippen LogP) is 13.4. The van der Waals surface area contributed by atoms with Gasteiger partial charge in [0.1, 0.15) is 43.2 Å². The Morgan fingerprint density at radius 2 is 0.781 bits per heavy atom. The van der Waals surface area contributed by atoms with Gasteiger partial charge in [-0.1, -0.05) is 209 Å². The van der Waals surface area contributed by atoms with Crippen molar-refractivity contribution in [2.45, 2.75) is 275 Å². The number of carbonyl (C=O) groups is 2. The summed E-state index contributed by atoms with van der Waals surface area (Å²) in [4.78, 5) is 36.0. The maximum atomic E-state index is 12.9. The molecular weight excluding hydrogens is 948 g/mol. The number of aliphatic hydroxyl groups is 5. The first kappa shape index (κ1) is 68.3. The van der Waals surface area contributed by atoms with E-state index in [0.717, 1.165) is 103 Å². The summed E-state index contributed by atoms with van der Waals surface area (Å²) < 4.78 is 33.8. The van der Waals surface area contributed by atoms with E-state index in [4.69, 9.17) is 18.5 Å². The first-order valence-electron chi connectivity index (χ1n) is 28.7. The number of aliphatic hydroxyl groups excluding tert-OH is 5. The highest BCUT2D eigenvalue weighted by atomic mass is 31.2. The molecule has 0 aliphatic heterocycles. The molecule has 13 nitrogen and oxygen atoms in total. The molecule has 0 bridgehead atoms. The van der Waals surface area contributed by atoms with E-state index in [-0.39, 0.29) is 12.8 Å². The zero-order valence-corrected chi connectivity index (χ0v) is 46.3. The first-order valence-corrected chi connectivity index (χ1v) is 30.2. The van der Waals surface area contributed by atoms with E-state index in [0.29, 0.717) is 12.8 Å². The molecule has 0 spiro atoms. The highest BCUT2D eigenvalue weighted by molar-refractivity contribution is 7.47. The van der Waals surface area contributed by atoms with Gasteiger partial charge in [-0.15, -0.1) is 0 Å².